The van der Waals surface area contributed by atoms with Gasteiger partial charge in [-0.05, 0) is 56.4 Å². The summed E-state index contributed by atoms with van der Waals surface area (Å²) < 4.78 is 7.22. The van der Waals surface area contributed by atoms with E-state index in [2.05, 4.69) is 17.2 Å². The molecule has 0 aliphatic carbocycles. The molecule has 0 bridgehead atoms. The number of aromatic nitrogens is 2. The first-order valence-electron chi connectivity index (χ1n) is 9.88. The standard InChI is InChI=1S/C22H28N4O2/c1-16-20(17(2)26(24-16)14-6-12-23)10-11-22(27)25-13-5-9-21(25)18-7-4-8-19(15-18)28-3/h4,7-8,15,21H,5-6,9-11,13-14H2,1-3H3. The smallest absolute Gasteiger partial charge is 0.223 e. The highest BCUT2D eigenvalue weighted by atomic mass is 16.5. The fraction of sp³-hybridized carbons (Fsp3) is 0.500. The molecule has 1 aliphatic heterocycles. The summed E-state index contributed by atoms with van der Waals surface area (Å²) in [7, 11) is 1.66. The second kappa shape index (κ2) is 8.92. The van der Waals surface area contributed by atoms with Crippen molar-refractivity contribution in [2.75, 3.05) is 13.7 Å². The van der Waals surface area contributed by atoms with Crippen LogP contribution in [-0.4, -0.2) is 34.2 Å². The number of nitrogens with zero attached hydrogens (tertiary/aromatic N) is 4. The van der Waals surface area contributed by atoms with Gasteiger partial charge in [0.2, 0.25) is 5.91 Å². The quantitative estimate of drug-likeness (QED) is 0.734. The van der Waals surface area contributed by atoms with Gasteiger partial charge in [0.1, 0.15) is 5.75 Å². The zero-order valence-corrected chi connectivity index (χ0v) is 16.9. The minimum absolute atomic E-state index is 0.128. The van der Waals surface area contributed by atoms with Gasteiger partial charge in [0.05, 0.1) is 37.9 Å². The van der Waals surface area contributed by atoms with Gasteiger partial charge in [-0.25, -0.2) is 0 Å². The Labute approximate surface area is 166 Å². The maximum Gasteiger partial charge on any atom is 0.223 e. The minimum Gasteiger partial charge on any atom is -0.497 e. The predicted octanol–water partition coefficient (Wildman–Crippen LogP) is 3.72. The largest absolute Gasteiger partial charge is 0.497 e. The van der Waals surface area contributed by atoms with Gasteiger partial charge in [0, 0.05) is 18.7 Å². The predicted molar refractivity (Wildman–Crippen MR) is 107 cm³/mol. The van der Waals surface area contributed by atoms with Crippen LogP contribution in [0.1, 0.15) is 54.2 Å². The molecule has 1 saturated heterocycles. The first kappa shape index (κ1) is 19.9. The Bertz CT molecular complexity index is 881. The highest BCUT2D eigenvalue weighted by Gasteiger charge is 2.30. The third-order valence-corrected chi connectivity index (χ3v) is 5.61. The number of benzene rings is 1. The van der Waals surface area contributed by atoms with Crippen molar-refractivity contribution in [1.29, 1.82) is 5.26 Å². The summed E-state index contributed by atoms with van der Waals surface area (Å²) in [6, 6.07) is 10.3. The summed E-state index contributed by atoms with van der Waals surface area (Å²) in [6.07, 6.45) is 3.62. The first-order valence-corrected chi connectivity index (χ1v) is 9.88. The van der Waals surface area contributed by atoms with Gasteiger partial charge in [-0.3, -0.25) is 9.48 Å². The SMILES string of the molecule is COc1cccc(C2CCCN2C(=O)CCc2c(C)nn(CCC#N)c2C)c1. The lowest BCUT2D eigenvalue weighted by Gasteiger charge is -2.25. The van der Waals surface area contributed by atoms with E-state index < -0.39 is 0 Å². The fourth-order valence-electron chi connectivity index (χ4n) is 4.11. The lowest BCUT2D eigenvalue weighted by molar-refractivity contribution is -0.132. The molecule has 1 unspecified atom stereocenters. The van der Waals surface area contributed by atoms with Gasteiger partial charge in [-0.15, -0.1) is 0 Å². The van der Waals surface area contributed by atoms with Gasteiger partial charge < -0.3 is 9.64 Å². The zero-order chi connectivity index (χ0) is 20.1. The molecule has 1 atom stereocenters. The summed E-state index contributed by atoms with van der Waals surface area (Å²) in [6.45, 7) is 5.40. The van der Waals surface area contributed by atoms with Crippen LogP contribution in [0.2, 0.25) is 0 Å². The summed E-state index contributed by atoms with van der Waals surface area (Å²) in [5, 5.41) is 13.3. The first-order chi connectivity index (χ1) is 13.5. The summed E-state index contributed by atoms with van der Waals surface area (Å²) >= 11 is 0. The molecule has 28 heavy (non-hydrogen) atoms. The van der Waals surface area contributed by atoms with E-state index in [9.17, 15) is 4.79 Å². The third kappa shape index (κ3) is 4.19. The molecule has 0 N–H and O–H groups in total. The molecule has 3 rings (SSSR count). The van der Waals surface area contributed by atoms with Crippen LogP contribution in [0.25, 0.3) is 0 Å². The number of hydrogen-bond donors (Lipinski definition) is 0. The van der Waals surface area contributed by atoms with Crippen molar-refractivity contribution in [3.8, 4) is 11.8 Å². The van der Waals surface area contributed by atoms with Gasteiger partial charge in [-0.1, -0.05) is 12.1 Å². The van der Waals surface area contributed by atoms with Crippen molar-refractivity contribution < 1.29 is 9.53 Å². The Balaban J connectivity index is 1.67. The molecule has 1 aromatic heterocycles. The summed E-state index contributed by atoms with van der Waals surface area (Å²) in [4.78, 5) is 15.0. The summed E-state index contributed by atoms with van der Waals surface area (Å²) in [5.74, 6) is 1.02. The molecule has 0 saturated carbocycles. The van der Waals surface area contributed by atoms with Crippen LogP contribution in [0.3, 0.4) is 0 Å². The number of aryl methyl sites for hydroxylation is 2. The van der Waals surface area contributed by atoms with Crippen LogP contribution < -0.4 is 4.74 Å². The molecular formula is C22H28N4O2. The molecule has 148 valence electrons. The van der Waals surface area contributed by atoms with E-state index in [0.29, 0.717) is 25.8 Å². The van der Waals surface area contributed by atoms with Crippen LogP contribution in [0.5, 0.6) is 5.75 Å². The van der Waals surface area contributed by atoms with E-state index in [1.807, 2.05) is 41.6 Å². The normalized spacial score (nSPS) is 16.2. The van der Waals surface area contributed by atoms with Crippen molar-refractivity contribution in [1.82, 2.24) is 14.7 Å². The second-order valence-electron chi connectivity index (χ2n) is 7.30. The maximum atomic E-state index is 13.0. The van der Waals surface area contributed by atoms with E-state index in [1.54, 1.807) is 7.11 Å². The molecule has 2 aromatic rings. The number of nitriles is 1. The molecule has 6 nitrogen and oxygen atoms in total. The Morgan fingerprint density at radius 2 is 2.21 bits per heavy atom. The molecule has 1 aromatic carbocycles. The third-order valence-electron chi connectivity index (χ3n) is 5.61. The Morgan fingerprint density at radius 3 is 2.96 bits per heavy atom. The number of amides is 1. The number of methoxy groups -OCH3 is 1. The van der Waals surface area contributed by atoms with Crippen molar-refractivity contribution >= 4 is 5.91 Å². The van der Waals surface area contributed by atoms with Crippen LogP contribution in [-0.2, 0) is 17.8 Å². The molecule has 1 amide bonds. The number of carbonyl (C=O) groups is 1. The van der Waals surface area contributed by atoms with E-state index in [4.69, 9.17) is 10.00 Å². The van der Waals surface area contributed by atoms with E-state index >= 15 is 0 Å². The van der Waals surface area contributed by atoms with E-state index in [-0.39, 0.29) is 11.9 Å². The van der Waals surface area contributed by atoms with Crippen molar-refractivity contribution in [3.63, 3.8) is 0 Å². The number of rotatable bonds is 7. The number of carbonyl (C=O) groups excluding carboxylic acids is 1. The number of ether oxygens (including phenoxy) is 1. The minimum atomic E-state index is 0.128. The molecule has 0 spiro atoms. The maximum absolute atomic E-state index is 13.0. The van der Waals surface area contributed by atoms with Crippen LogP contribution in [0.15, 0.2) is 24.3 Å². The lowest BCUT2D eigenvalue weighted by Crippen LogP contribution is -2.30. The average molecular weight is 380 g/mol. The Kier molecular flexibility index (Phi) is 6.35. The lowest BCUT2D eigenvalue weighted by atomic mass is 10.0. The number of likely N-dealkylation sites (tertiary alicyclic amines) is 1. The fourth-order valence-corrected chi connectivity index (χ4v) is 4.11. The number of hydrogen-bond acceptors (Lipinski definition) is 4. The second-order valence-corrected chi connectivity index (χ2v) is 7.30. The zero-order valence-electron chi connectivity index (χ0n) is 16.9. The van der Waals surface area contributed by atoms with E-state index in [1.165, 1.54) is 0 Å². The van der Waals surface area contributed by atoms with Crippen molar-refractivity contribution in [2.24, 2.45) is 0 Å². The van der Waals surface area contributed by atoms with Crippen LogP contribution in [0.4, 0.5) is 0 Å². The van der Waals surface area contributed by atoms with Gasteiger partial charge in [0.15, 0.2) is 0 Å². The van der Waals surface area contributed by atoms with Crippen molar-refractivity contribution in [2.45, 2.75) is 58.5 Å². The van der Waals surface area contributed by atoms with Gasteiger partial charge in [-0.2, -0.15) is 10.4 Å². The molecule has 1 fully saturated rings. The topological polar surface area (TPSA) is 71.2 Å². The molecule has 6 heteroatoms. The Hall–Kier alpha value is -2.81. The van der Waals surface area contributed by atoms with E-state index in [0.717, 1.165) is 47.7 Å². The Morgan fingerprint density at radius 1 is 1.39 bits per heavy atom. The van der Waals surface area contributed by atoms with Crippen molar-refractivity contribution in [3.05, 3.63) is 46.8 Å². The monoisotopic (exact) mass is 380 g/mol. The molecule has 0 radical (unpaired) electrons. The van der Waals surface area contributed by atoms with Crippen LogP contribution in [0, 0.1) is 25.2 Å². The van der Waals surface area contributed by atoms with Gasteiger partial charge in [0.25, 0.3) is 0 Å². The summed E-state index contributed by atoms with van der Waals surface area (Å²) in [5.41, 5.74) is 4.28. The molecular weight excluding hydrogens is 352 g/mol. The average Bonchev–Trinajstić information content (AvgIpc) is 3.30. The van der Waals surface area contributed by atoms with Gasteiger partial charge >= 0.3 is 0 Å². The molecule has 1 aliphatic rings. The van der Waals surface area contributed by atoms with Crippen LogP contribution >= 0.6 is 0 Å². The highest BCUT2D eigenvalue weighted by molar-refractivity contribution is 5.77. The molecule has 2 heterocycles. The highest BCUT2D eigenvalue weighted by Crippen LogP contribution is 2.34.